The van der Waals surface area contributed by atoms with Crippen molar-refractivity contribution >= 4 is 22.1 Å². The molecule has 30 heavy (non-hydrogen) atoms. The van der Waals surface area contributed by atoms with Gasteiger partial charge in [-0.3, -0.25) is 0 Å². The van der Waals surface area contributed by atoms with Crippen molar-refractivity contribution in [3.63, 3.8) is 0 Å². The highest BCUT2D eigenvalue weighted by Crippen LogP contribution is 2.57. The molecule has 4 heteroatoms. The van der Waals surface area contributed by atoms with E-state index < -0.39 is 0 Å². The van der Waals surface area contributed by atoms with Crippen molar-refractivity contribution in [2.24, 2.45) is 0 Å². The van der Waals surface area contributed by atoms with Crippen LogP contribution in [-0.4, -0.2) is 6.79 Å². The second kappa shape index (κ2) is 5.92. The Morgan fingerprint density at radius 3 is 2.53 bits per heavy atom. The van der Waals surface area contributed by atoms with Crippen LogP contribution >= 0.6 is 0 Å². The van der Waals surface area contributed by atoms with Crippen molar-refractivity contribution in [3.8, 4) is 11.5 Å². The first kappa shape index (κ1) is 16.2. The number of rotatable bonds is 1. The van der Waals surface area contributed by atoms with Gasteiger partial charge in [0.05, 0.1) is 12.1 Å². The molecule has 4 aromatic rings. The fourth-order valence-electron chi connectivity index (χ4n) is 5.39. The minimum absolute atomic E-state index is 0.134. The van der Waals surface area contributed by atoms with Gasteiger partial charge in [-0.1, -0.05) is 54.6 Å². The molecule has 3 atom stereocenters. The van der Waals surface area contributed by atoms with Crippen LogP contribution in [-0.2, 0) is 0 Å². The smallest absolute Gasteiger partial charge is 0.231 e. The molecule has 0 saturated heterocycles. The van der Waals surface area contributed by atoms with Gasteiger partial charge in [0, 0.05) is 22.9 Å². The summed E-state index contributed by atoms with van der Waals surface area (Å²) in [6, 6.07) is 28.4. The number of ether oxygens (including phenoxy) is 2. The zero-order chi connectivity index (χ0) is 19.7. The molecule has 0 aliphatic carbocycles. The molecule has 0 fully saturated rings. The number of fused-ring (bicyclic) bond motifs is 8. The van der Waals surface area contributed by atoms with Crippen LogP contribution in [0.3, 0.4) is 0 Å². The van der Waals surface area contributed by atoms with Gasteiger partial charge in [0.1, 0.15) is 0 Å². The molecule has 146 valence electrons. The van der Waals surface area contributed by atoms with Crippen LogP contribution in [0.15, 0.2) is 78.9 Å². The highest BCUT2D eigenvalue weighted by Gasteiger charge is 2.44. The molecule has 4 aromatic carbocycles. The van der Waals surface area contributed by atoms with E-state index in [0.29, 0.717) is 6.79 Å². The fourth-order valence-corrected chi connectivity index (χ4v) is 5.39. The molecule has 3 aliphatic heterocycles. The van der Waals surface area contributed by atoms with Gasteiger partial charge >= 0.3 is 0 Å². The number of para-hydroxylation sites is 1. The third-order valence-corrected chi connectivity index (χ3v) is 6.70. The van der Waals surface area contributed by atoms with Crippen molar-refractivity contribution in [1.82, 2.24) is 0 Å². The van der Waals surface area contributed by atoms with Crippen molar-refractivity contribution in [3.05, 3.63) is 95.6 Å². The average molecular weight is 392 g/mol. The van der Waals surface area contributed by atoms with Crippen LogP contribution in [0.5, 0.6) is 11.5 Å². The fraction of sp³-hybridized carbons (Fsp3) is 0.154. The number of nitrogens with one attached hydrogen (secondary N) is 2. The molecule has 7 rings (SSSR count). The van der Waals surface area contributed by atoms with E-state index in [-0.39, 0.29) is 18.0 Å². The summed E-state index contributed by atoms with van der Waals surface area (Å²) in [5.74, 6) is 1.93. The molecule has 0 saturated carbocycles. The Morgan fingerprint density at radius 2 is 1.53 bits per heavy atom. The molecule has 0 amide bonds. The molecule has 0 aromatic heterocycles. The van der Waals surface area contributed by atoms with Gasteiger partial charge in [0.2, 0.25) is 6.79 Å². The second-order valence-corrected chi connectivity index (χ2v) is 8.22. The number of hydrogen-bond donors (Lipinski definition) is 2. The SMILES string of the molecule is c1ccc2c(c1)N[C@H]1c3c(ccc4ccccc34)N[C@H](c3ccc4c(c3)OCO4)[C@@H]21. The highest BCUT2D eigenvalue weighted by atomic mass is 16.7. The van der Waals surface area contributed by atoms with E-state index in [0.717, 1.165) is 11.5 Å². The quantitative estimate of drug-likeness (QED) is 0.418. The zero-order valence-corrected chi connectivity index (χ0v) is 16.3. The lowest BCUT2D eigenvalue weighted by atomic mass is 9.77. The molecule has 0 spiro atoms. The first-order chi connectivity index (χ1) is 14.9. The normalized spacial score (nSPS) is 22.6. The van der Waals surface area contributed by atoms with E-state index in [1.807, 2.05) is 6.07 Å². The van der Waals surface area contributed by atoms with Crippen molar-refractivity contribution in [2.45, 2.75) is 18.0 Å². The van der Waals surface area contributed by atoms with Gasteiger partial charge in [-0.25, -0.2) is 0 Å². The summed E-state index contributed by atoms with van der Waals surface area (Å²) >= 11 is 0. The van der Waals surface area contributed by atoms with Crippen LogP contribution in [0, 0.1) is 0 Å². The Morgan fingerprint density at radius 1 is 0.700 bits per heavy atom. The second-order valence-electron chi connectivity index (χ2n) is 8.22. The number of benzene rings is 4. The Balaban J connectivity index is 1.45. The van der Waals surface area contributed by atoms with E-state index in [1.54, 1.807) is 0 Å². The summed E-state index contributed by atoms with van der Waals surface area (Å²) < 4.78 is 11.2. The number of anilines is 2. The minimum Gasteiger partial charge on any atom is -0.454 e. The standard InChI is InChI=1S/C26H20N2O2/c1-2-6-17-15(5-1)9-11-20-23(17)26-24(18-7-3-4-8-19(18)27-26)25(28-20)16-10-12-21-22(13-16)30-14-29-21/h1-13,24-28H,14H2/t24-,25-,26+/m1/s1. The van der Waals surface area contributed by atoms with Crippen molar-refractivity contribution in [2.75, 3.05) is 17.4 Å². The van der Waals surface area contributed by atoms with Gasteiger partial charge in [-0.05, 0) is 46.2 Å². The summed E-state index contributed by atoms with van der Waals surface area (Å²) in [5, 5.41) is 10.3. The van der Waals surface area contributed by atoms with Gasteiger partial charge < -0.3 is 20.1 Å². The summed E-state index contributed by atoms with van der Waals surface area (Å²) in [4.78, 5) is 0. The van der Waals surface area contributed by atoms with Gasteiger partial charge in [0.25, 0.3) is 0 Å². The van der Waals surface area contributed by atoms with Crippen LogP contribution in [0.4, 0.5) is 11.4 Å². The summed E-state index contributed by atoms with van der Waals surface area (Å²) in [6.07, 6.45) is 0. The molecule has 4 nitrogen and oxygen atoms in total. The monoisotopic (exact) mass is 392 g/mol. The molecule has 2 N–H and O–H groups in total. The third-order valence-electron chi connectivity index (χ3n) is 6.70. The first-order valence-corrected chi connectivity index (χ1v) is 10.4. The van der Waals surface area contributed by atoms with Gasteiger partial charge in [-0.2, -0.15) is 0 Å². The Labute approximate surface area is 174 Å². The minimum atomic E-state index is 0.134. The van der Waals surface area contributed by atoms with E-state index >= 15 is 0 Å². The van der Waals surface area contributed by atoms with Gasteiger partial charge in [0.15, 0.2) is 11.5 Å². The molecule has 0 bridgehead atoms. The van der Waals surface area contributed by atoms with Crippen LogP contribution in [0.25, 0.3) is 10.8 Å². The summed E-state index contributed by atoms with van der Waals surface area (Å²) in [6.45, 7) is 0.294. The maximum absolute atomic E-state index is 5.67. The Bertz CT molecular complexity index is 1320. The predicted octanol–water partition coefficient (Wildman–Crippen LogP) is 5.99. The molecular formula is C26H20N2O2. The lowest BCUT2D eigenvalue weighted by molar-refractivity contribution is 0.174. The zero-order valence-electron chi connectivity index (χ0n) is 16.3. The van der Waals surface area contributed by atoms with E-state index in [1.165, 1.54) is 38.8 Å². The lowest BCUT2D eigenvalue weighted by Crippen LogP contribution is -2.30. The number of hydrogen-bond acceptors (Lipinski definition) is 4. The largest absolute Gasteiger partial charge is 0.454 e. The molecular weight excluding hydrogens is 372 g/mol. The summed E-state index contributed by atoms with van der Waals surface area (Å²) in [5.41, 5.74) is 6.34. The van der Waals surface area contributed by atoms with E-state index in [4.69, 9.17) is 9.47 Å². The van der Waals surface area contributed by atoms with Crippen LogP contribution in [0.1, 0.15) is 34.7 Å². The molecule has 3 heterocycles. The van der Waals surface area contributed by atoms with E-state index in [2.05, 4.69) is 83.4 Å². The van der Waals surface area contributed by atoms with Crippen molar-refractivity contribution in [1.29, 1.82) is 0 Å². The molecule has 3 aliphatic rings. The van der Waals surface area contributed by atoms with Crippen LogP contribution in [0.2, 0.25) is 0 Å². The maximum Gasteiger partial charge on any atom is 0.231 e. The topological polar surface area (TPSA) is 42.5 Å². The summed E-state index contributed by atoms with van der Waals surface area (Å²) in [7, 11) is 0. The average Bonchev–Trinajstić information content (AvgIpc) is 3.42. The Hall–Kier alpha value is -3.66. The molecule has 0 radical (unpaired) electrons. The van der Waals surface area contributed by atoms with Crippen LogP contribution < -0.4 is 20.1 Å². The first-order valence-electron chi connectivity index (χ1n) is 10.4. The lowest BCUT2D eigenvalue weighted by Gasteiger charge is -2.38. The predicted molar refractivity (Wildman–Crippen MR) is 118 cm³/mol. The van der Waals surface area contributed by atoms with E-state index in [9.17, 15) is 0 Å². The van der Waals surface area contributed by atoms with Gasteiger partial charge in [-0.15, -0.1) is 0 Å². The highest BCUT2D eigenvalue weighted by molar-refractivity contribution is 5.92. The third kappa shape index (κ3) is 2.16. The Kier molecular flexibility index (Phi) is 3.19. The maximum atomic E-state index is 5.67. The molecule has 0 unspecified atom stereocenters. The van der Waals surface area contributed by atoms with Crippen molar-refractivity contribution < 1.29 is 9.47 Å².